The molecule has 0 spiro atoms. The van der Waals surface area contributed by atoms with Crippen molar-refractivity contribution in [3.05, 3.63) is 59.7 Å². The standard InChI is InChI=1S/C14H15NO3/c16-13(15-12-7-2-1-3-8-12)10-5-4-6-11(9-10)14(17)18/h1-7,9,12-13,15-16H,8H2,(H,17,18). The first-order chi connectivity index (χ1) is 8.66. The summed E-state index contributed by atoms with van der Waals surface area (Å²) in [5, 5.41) is 21.9. The number of aliphatic hydroxyl groups is 1. The van der Waals surface area contributed by atoms with Gasteiger partial charge in [0.2, 0.25) is 0 Å². The zero-order valence-electron chi connectivity index (χ0n) is 9.78. The minimum atomic E-state index is -0.996. The van der Waals surface area contributed by atoms with Gasteiger partial charge in [0, 0.05) is 6.04 Å². The number of hydrogen-bond donors (Lipinski definition) is 3. The number of carbonyl (C=O) groups is 1. The normalized spacial score (nSPS) is 19.7. The highest BCUT2D eigenvalue weighted by atomic mass is 16.4. The molecule has 94 valence electrons. The number of hydrogen-bond acceptors (Lipinski definition) is 3. The van der Waals surface area contributed by atoms with E-state index in [0.29, 0.717) is 5.56 Å². The van der Waals surface area contributed by atoms with Crippen molar-refractivity contribution in [2.45, 2.75) is 18.7 Å². The molecule has 0 bridgehead atoms. The third-order valence-electron chi connectivity index (χ3n) is 2.80. The number of rotatable bonds is 4. The van der Waals surface area contributed by atoms with Crippen LogP contribution in [0.1, 0.15) is 28.6 Å². The lowest BCUT2D eigenvalue weighted by atomic mass is 10.1. The van der Waals surface area contributed by atoms with E-state index in [1.807, 2.05) is 24.3 Å². The van der Waals surface area contributed by atoms with Crippen LogP contribution in [-0.4, -0.2) is 22.2 Å². The molecule has 0 aliphatic heterocycles. The van der Waals surface area contributed by atoms with Crippen LogP contribution in [0.2, 0.25) is 0 Å². The Morgan fingerprint density at radius 2 is 2.22 bits per heavy atom. The lowest BCUT2D eigenvalue weighted by Crippen LogP contribution is -2.31. The van der Waals surface area contributed by atoms with E-state index in [-0.39, 0.29) is 11.6 Å². The smallest absolute Gasteiger partial charge is 0.335 e. The zero-order valence-corrected chi connectivity index (χ0v) is 9.78. The summed E-state index contributed by atoms with van der Waals surface area (Å²) in [5.41, 5.74) is 0.727. The third kappa shape index (κ3) is 3.06. The summed E-state index contributed by atoms with van der Waals surface area (Å²) >= 11 is 0. The van der Waals surface area contributed by atoms with Crippen LogP contribution in [0.3, 0.4) is 0 Å². The van der Waals surface area contributed by atoms with E-state index in [4.69, 9.17) is 5.11 Å². The summed E-state index contributed by atoms with van der Waals surface area (Å²) in [6.07, 6.45) is 7.79. The second kappa shape index (κ2) is 5.62. The molecule has 4 nitrogen and oxygen atoms in total. The molecule has 0 aromatic heterocycles. The summed E-state index contributed by atoms with van der Waals surface area (Å²) in [5.74, 6) is -0.996. The van der Waals surface area contributed by atoms with Crippen molar-refractivity contribution in [2.24, 2.45) is 0 Å². The summed E-state index contributed by atoms with van der Waals surface area (Å²) in [4.78, 5) is 10.8. The van der Waals surface area contributed by atoms with Crippen LogP contribution in [-0.2, 0) is 0 Å². The van der Waals surface area contributed by atoms with Crippen molar-refractivity contribution < 1.29 is 15.0 Å². The Morgan fingerprint density at radius 3 is 2.89 bits per heavy atom. The van der Waals surface area contributed by atoms with E-state index in [9.17, 15) is 9.90 Å². The predicted molar refractivity (Wildman–Crippen MR) is 68.2 cm³/mol. The van der Waals surface area contributed by atoms with Gasteiger partial charge in [-0.2, -0.15) is 0 Å². The highest BCUT2D eigenvalue weighted by Gasteiger charge is 2.14. The van der Waals surface area contributed by atoms with Gasteiger partial charge in [0.05, 0.1) is 5.56 Å². The molecule has 0 saturated heterocycles. The number of nitrogens with one attached hydrogen (secondary N) is 1. The number of carboxylic acid groups (broad SMARTS) is 1. The van der Waals surface area contributed by atoms with Crippen molar-refractivity contribution in [1.82, 2.24) is 5.32 Å². The first kappa shape index (κ1) is 12.5. The second-order valence-electron chi connectivity index (χ2n) is 4.16. The molecular formula is C14H15NO3. The molecule has 1 aromatic rings. The number of aromatic carboxylic acids is 1. The molecule has 1 aromatic carbocycles. The largest absolute Gasteiger partial charge is 0.478 e. The molecule has 18 heavy (non-hydrogen) atoms. The number of carboxylic acids is 1. The Hall–Kier alpha value is -1.91. The van der Waals surface area contributed by atoms with E-state index in [0.717, 1.165) is 6.42 Å². The molecule has 1 aliphatic carbocycles. The highest BCUT2D eigenvalue weighted by Crippen LogP contribution is 2.15. The topological polar surface area (TPSA) is 69.6 Å². The highest BCUT2D eigenvalue weighted by molar-refractivity contribution is 5.87. The second-order valence-corrected chi connectivity index (χ2v) is 4.16. The quantitative estimate of drug-likeness (QED) is 0.708. The average Bonchev–Trinajstić information content (AvgIpc) is 2.40. The van der Waals surface area contributed by atoms with E-state index in [2.05, 4.69) is 5.32 Å². The van der Waals surface area contributed by atoms with E-state index < -0.39 is 12.2 Å². The van der Waals surface area contributed by atoms with Gasteiger partial charge in [0.15, 0.2) is 0 Å². The van der Waals surface area contributed by atoms with Crippen LogP contribution in [0.5, 0.6) is 0 Å². The molecule has 0 heterocycles. The Labute approximate surface area is 105 Å². The molecule has 4 heteroatoms. The molecular weight excluding hydrogens is 230 g/mol. The van der Waals surface area contributed by atoms with Crippen LogP contribution in [0.4, 0.5) is 0 Å². The van der Waals surface area contributed by atoms with E-state index in [1.54, 1.807) is 12.1 Å². The molecule has 3 N–H and O–H groups in total. The maximum absolute atomic E-state index is 10.8. The molecule has 0 radical (unpaired) electrons. The first-order valence-electron chi connectivity index (χ1n) is 5.77. The number of aliphatic hydroxyl groups excluding tert-OH is 1. The summed E-state index contributed by atoms with van der Waals surface area (Å²) in [6, 6.07) is 6.37. The maximum atomic E-state index is 10.8. The van der Waals surface area contributed by atoms with Gasteiger partial charge in [-0.1, -0.05) is 36.4 Å². The Bertz CT molecular complexity index is 494. The predicted octanol–water partition coefficient (Wildman–Crippen LogP) is 1.85. The molecule has 0 fully saturated rings. The fourth-order valence-corrected chi connectivity index (χ4v) is 1.84. The van der Waals surface area contributed by atoms with Crippen molar-refractivity contribution in [3.63, 3.8) is 0 Å². The molecule has 2 rings (SSSR count). The van der Waals surface area contributed by atoms with Gasteiger partial charge in [-0.25, -0.2) is 4.79 Å². The van der Waals surface area contributed by atoms with Gasteiger partial charge >= 0.3 is 5.97 Å². The van der Waals surface area contributed by atoms with Crippen LogP contribution >= 0.6 is 0 Å². The fraction of sp³-hybridized carbons (Fsp3) is 0.214. The lowest BCUT2D eigenvalue weighted by molar-refractivity contribution is 0.0696. The van der Waals surface area contributed by atoms with Gasteiger partial charge in [0.25, 0.3) is 0 Å². The molecule has 2 unspecified atom stereocenters. The minimum absolute atomic E-state index is 0.0680. The monoisotopic (exact) mass is 245 g/mol. The summed E-state index contributed by atoms with van der Waals surface area (Å²) in [7, 11) is 0. The number of benzene rings is 1. The molecule has 0 amide bonds. The van der Waals surface area contributed by atoms with Crippen molar-refractivity contribution in [1.29, 1.82) is 0 Å². The third-order valence-corrected chi connectivity index (χ3v) is 2.80. The Kier molecular flexibility index (Phi) is 3.92. The molecule has 1 aliphatic rings. The minimum Gasteiger partial charge on any atom is -0.478 e. The van der Waals surface area contributed by atoms with Gasteiger partial charge in [-0.3, -0.25) is 5.32 Å². The Balaban J connectivity index is 2.06. The first-order valence-corrected chi connectivity index (χ1v) is 5.77. The van der Waals surface area contributed by atoms with Crippen molar-refractivity contribution in [2.75, 3.05) is 0 Å². The van der Waals surface area contributed by atoms with E-state index in [1.165, 1.54) is 12.1 Å². The van der Waals surface area contributed by atoms with Crippen molar-refractivity contribution >= 4 is 5.97 Å². The molecule has 2 atom stereocenters. The average molecular weight is 245 g/mol. The number of allylic oxidation sites excluding steroid dienone is 2. The summed E-state index contributed by atoms with van der Waals surface area (Å²) in [6.45, 7) is 0. The van der Waals surface area contributed by atoms with Crippen LogP contribution in [0, 0.1) is 0 Å². The van der Waals surface area contributed by atoms with E-state index >= 15 is 0 Å². The lowest BCUT2D eigenvalue weighted by Gasteiger charge is -2.20. The van der Waals surface area contributed by atoms with Crippen LogP contribution < -0.4 is 5.32 Å². The fourth-order valence-electron chi connectivity index (χ4n) is 1.84. The summed E-state index contributed by atoms with van der Waals surface area (Å²) < 4.78 is 0. The SMILES string of the molecule is O=C(O)c1cccc(C(O)NC2C=CC=CC2)c1. The van der Waals surface area contributed by atoms with Crippen LogP contribution in [0.15, 0.2) is 48.6 Å². The van der Waals surface area contributed by atoms with Gasteiger partial charge in [-0.05, 0) is 24.1 Å². The van der Waals surface area contributed by atoms with Crippen molar-refractivity contribution in [3.8, 4) is 0 Å². The van der Waals surface area contributed by atoms with Crippen LogP contribution in [0.25, 0.3) is 0 Å². The maximum Gasteiger partial charge on any atom is 0.335 e. The van der Waals surface area contributed by atoms with Gasteiger partial charge in [-0.15, -0.1) is 0 Å². The zero-order chi connectivity index (χ0) is 13.0. The van der Waals surface area contributed by atoms with Gasteiger partial charge in [0.1, 0.15) is 6.23 Å². The van der Waals surface area contributed by atoms with Gasteiger partial charge < -0.3 is 10.2 Å². The Morgan fingerprint density at radius 1 is 1.39 bits per heavy atom. The molecule has 0 saturated carbocycles.